The van der Waals surface area contributed by atoms with E-state index < -0.39 is 0 Å². The molecule has 2 aromatic rings. The number of carbonyl (C=O) groups is 1. The number of aliphatic hydroxyl groups is 1. The third-order valence-electron chi connectivity index (χ3n) is 2.86. The Balaban J connectivity index is 2.03. The Bertz CT molecular complexity index is 579. The van der Waals surface area contributed by atoms with Crippen molar-refractivity contribution in [3.8, 4) is 5.75 Å². The fourth-order valence-electron chi connectivity index (χ4n) is 1.82. The number of carbonyl (C=O) groups excluding carboxylic acids is 1. The van der Waals surface area contributed by atoms with E-state index in [0.717, 1.165) is 5.56 Å². The summed E-state index contributed by atoms with van der Waals surface area (Å²) in [4.78, 5) is 12.1. The summed E-state index contributed by atoms with van der Waals surface area (Å²) in [5.74, 6) is 0.528. The Hall–Kier alpha value is -2.33. The molecule has 0 aromatic heterocycles. The lowest BCUT2D eigenvalue weighted by Crippen LogP contribution is -2.13. The molecule has 2 rings (SSSR count). The summed E-state index contributed by atoms with van der Waals surface area (Å²) >= 11 is 0. The number of hydrogen-bond donors (Lipinski definition) is 2. The summed E-state index contributed by atoms with van der Waals surface area (Å²) in [5.41, 5.74) is 2.30. The molecule has 4 heteroatoms. The van der Waals surface area contributed by atoms with Gasteiger partial charge >= 0.3 is 0 Å². The minimum atomic E-state index is -0.132. The highest BCUT2D eigenvalue weighted by molar-refractivity contribution is 6.05. The van der Waals surface area contributed by atoms with Gasteiger partial charge in [-0.25, -0.2) is 0 Å². The summed E-state index contributed by atoms with van der Waals surface area (Å²) in [6.07, 6.45) is 0. The van der Waals surface area contributed by atoms with Gasteiger partial charge in [0.1, 0.15) is 12.4 Å². The van der Waals surface area contributed by atoms with Gasteiger partial charge in [-0.05, 0) is 42.8 Å². The van der Waals surface area contributed by atoms with Crippen LogP contribution < -0.4 is 10.1 Å². The Morgan fingerprint density at radius 3 is 2.50 bits per heavy atom. The van der Waals surface area contributed by atoms with E-state index in [-0.39, 0.29) is 19.1 Å². The summed E-state index contributed by atoms with van der Waals surface area (Å²) in [7, 11) is 0. The average Bonchev–Trinajstić information content (AvgIpc) is 2.47. The molecule has 0 aliphatic heterocycles. The predicted molar refractivity (Wildman–Crippen MR) is 78.2 cm³/mol. The largest absolute Gasteiger partial charge is 0.491 e. The van der Waals surface area contributed by atoms with E-state index in [4.69, 9.17) is 9.84 Å². The van der Waals surface area contributed by atoms with Crippen LogP contribution in [-0.4, -0.2) is 24.2 Å². The maximum Gasteiger partial charge on any atom is 0.255 e. The number of nitrogens with one attached hydrogen (secondary N) is 1. The number of aryl methyl sites for hydroxylation is 1. The van der Waals surface area contributed by atoms with E-state index in [9.17, 15) is 4.79 Å². The molecule has 1 amide bonds. The number of benzene rings is 2. The first-order valence-electron chi connectivity index (χ1n) is 6.41. The highest BCUT2D eigenvalue weighted by Gasteiger charge is 2.08. The molecule has 20 heavy (non-hydrogen) atoms. The average molecular weight is 271 g/mol. The van der Waals surface area contributed by atoms with Crippen molar-refractivity contribution >= 4 is 11.6 Å². The lowest BCUT2D eigenvalue weighted by molar-refractivity contribution is 0.102. The molecule has 0 bridgehead atoms. The quantitative estimate of drug-likeness (QED) is 0.879. The monoisotopic (exact) mass is 271 g/mol. The van der Waals surface area contributed by atoms with Crippen molar-refractivity contribution in [1.82, 2.24) is 0 Å². The summed E-state index contributed by atoms with van der Waals surface area (Å²) in [6, 6.07) is 14.5. The van der Waals surface area contributed by atoms with Crippen LogP contribution in [0.3, 0.4) is 0 Å². The van der Waals surface area contributed by atoms with Crippen molar-refractivity contribution in [2.45, 2.75) is 6.92 Å². The van der Waals surface area contributed by atoms with Gasteiger partial charge in [-0.3, -0.25) is 4.79 Å². The Morgan fingerprint density at radius 1 is 1.15 bits per heavy atom. The Kier molecular flexibility index (Phi) is 4.74. The predicted octanol–water partition coefficient (Wildman–Crippen LogP) is 2.62. The molecule has 0 saturated carbocycles. The summed E-state index contributed by atoms with van der Waals surface area (Å²) < 4.78 is 5.26. The molecule has 0 aliphatic carbocycles. The van der Waals surface area contributed by atoms with Crippen molar-refractivity contribution in [3.63, 3.8) is 0 Å². The van der Waals surface area contributed by atoms with Gasteiger partial charge in [-0.15, -0.1) is 0 Å². The van der Waals surface area contributed by atoms with Crippen LogP contribution in [0.2, 0.25) is 0 Å². The highest BCUT2D eigenvalue weighted by atomic mass is 16.5. The molecule has 104 valence electrons. The van der Waals surface area contributed by atoms with Crippen LogP contribution in [0.4, 0.5) is 5.69 Å². The van der Waals surface area contributed by atoms with Gasteiger partial charge in [0.15, 0.2) is 0 Å². The first-order chi connectivity index (χ1) is 9.70. The van der Waals surface area contributed by atoms with E-state index in [1.165, 1.54) is 0 Å². The fraction of sp³-hybridized carbons (Fsp3) is 0.188. The fourth-order valence-corrected chi connectivity index (χ4v) is 1.82. The SMILES string of the molecule is Cc1ccccc1C(=O)Nc1ccc(OCCO)cc1. The van der Waals surface area contributed by atoms with Gasteiger partial charge in [0.2, 0.25) is 0 Å². The Morgan fingerprint density at radius 2 is 1.85 bits per heavy atom. The summed E-state index contributed by atoms with van der Waals surface area (Å²) in [6.45, 7) is 2.14. The normalized spacial score (nSPS) is 10.1. The van der Waals surface area contributed by atoms with Crippen LogP contribution in [0.25, 0.3) is 0 Å². The zero-order valence-electron chi connectivity index (χ0n) is 11.3. The van der Waals surface area contributed by atoms with Crippen molar-refractivity contribution in [3.05, 3.63) is 59.7 Å². The second-order valence-electron chi connectivity index (χ2n) is 4.37. The van der Waals surface area contributed by atoms with Crippen molar-refractivity contribution in [2.24, 2.45) is 0 Å². The first kappa shape index (κ1) is 14.1. The highest BCUT2D eigenvalue weighted by Crippen LogP contribution is 2.17. The second-order valence-corrected chi connectivity index (χ2v) is 4.37. The van der Waals surface area contributed by atoms with Crippen LogP contribution >= 0.6 is 0 Å². The van der Waals surface area contributed by atoms with E-state index >= 15 is 0 Å². The third kappa shape index (κ3) is 3.59. The van der Waals surface area contributed by atoms with Crippen LogP contribution in [0.5, 0.6) is 5.75 Å². The van der Waals surface area contributed by atoms with Gasteiger partial charge in [-0.2, -0.15) is 0 Å². The molecule has 2 aromatic carbocycles. The molecule has 0 saturated heterocycles. The zero-order valence-corrected chi connectivity index (χ0v) is 11.3. The number of amides is 1. The molecule has 0 aliphatic rings. The van der Waals surface area contributed by atoms with Gasteiger partial charge in [0, 0.05) is 11.3 Å². The van der Waals surface area contributed by atoms with Crippen LogP contribution in [-0.2, 0) is 0 Å². The van der Waals surface area contributed by atoms with E-state index in [2.05, 4.69) is 5.32 Å². The van der Waals surface area contributed by atoms with E-state index in [0.29, 0.717) is 17.0 Å². The van der Waals surface area contributed by atoms with Gasteiger partial charge < -0.3 is 15.2 Å². The third-order valence-corrected chi connectivity index (χ3v) is 2.86. The number of ether oxygens (including phenoxy) is 1. The minimum absolute atomic E-state index is 0.0221. The second kappa shape index (κ2) is 6.73. The number of aliphatic hydroxyl groups excluding tert-OH is 1. The minimum Gasteiger partial charge on any atom is -0.491 e. The van der Waals surface area contributed by atoms with E-state index in [1.807, 2.05) is 25.1 Å². The molecule has 2 N–H and O–H groups in total. The molecule has 0 atom stereocenters. The van der Waals surface area contributed by atoms with Crippen LogP contribution in [0.1, 0.15) is 15.9 Å². The van der Waals surface area contributed by atoms with Crippen LogP contribution in [0.15, 0.2) is 48.5 Å². The van der Waals surface area contributed by atoms with Crippen LogP contribution in [0, 0.1) is 6.92 Å². The van der Waals surface area contributed by atoms with E-state index in [1.54, 1.807) is 30.3 Å². The molecule has 0 radical (unpaired) electrons. The van der Waals surface area contributed by atoms with Gasteiger partial charge in [-0.1, -0.05) is 18.2 Å². The standard InChI is InChI=1S/C16H17NO3/c1-12-4-2-3-5-15(12)16(19)17-13-6-8-14(9-7-13)20-11-10-18/h2-9,18H,10-11H2,1H3,(H,17,19). The molecule has 0 fully saturated rings. The van der Waals surface area contributed by atoms with Crippen molar-refractivity contribution < 1.29 is 14.6 Å². The zero-order chi connectivity index (χ0) is 14.4. The smallest absolute Gasteiger partial charge is 0.255 e. The number of rotatable bonds is 5. The lowest BCUT2D eigenvalue weighted by atomic mass is 10.1. The molecular weight excluding hydrogens is 254 g/mol. The number of anilines is 1. The number of hydrogen-bond acceptors (Lipinski definition) is 3. The molecule has 4 nitrogen and oxygen atoms in total. The summed E-state index contributed by atoms with van der Waals surface area (Å²) in [5, 5.41) is 11.5. The molecule has 0 unspecified atom stereocenters. The maximum atomic E-state index is 12.1. The lowest BCUT2D eigenvalue weighted by Gasteiger charge is -2.09. The molecular formula is C16H17NO3. The van der Waals surface area contributed by atoms with Gasteiger partial charge in [0.25, 0.3) is 5.91 Å². The Labute approximate surface area is 118 Å². The molecule has 0 spiro atoms. The van der Waals surface area contributed by atoms with Crippen molar-refractivity contribution in [1.29, 1.82) is 0 Å². The first-order valence-corrected chi connectivity index (χ1v) is 6.41. The maximum absolute atomic E-state index is 12.1. The van der Waals surface area contributed by atoms with Crippen molar-refractivity contribution in [2.75, 3.05) is 18.5 Å². The topological polar surface area (TPSA) is 58.6 Å². The van der Waals surface area contributed by atoms with Gasteiger partial charge in [0.05, 0.1) is 6.61 Å². The molecule has 0 heterocycles.